The van der Waals surface area contributed by atoms with E-state index < -0.39 is 8.32 Å². The van der Waals surface area contributed by atoms with Crippen molar-refractivity contribution in [1.82, 2.24) is 0 Å². The summed E-state index contributed by atoms with van der Waals surface area (Å²) in [5.41, 5.74) is -0.178. The molecule has 0 aromatic carbocycles. The van der Waals surface area contributed by atoms with Crippen molar-refractivity contribution >= 4 is 14.3 Å². The normalized spacial score (nSPS) is 17.7. The molecular weight excluding hydrogens is 412 g/mol. The van der Waals surface area contributed by atoms with Crippen molar-refractivity contribution in [1.29, 1.82) is 0 Å². The van der Waals surface area contributed by atoms with Gasteiger partial charge in [0.25, 0.3) is 0 Å². The summed E-state index contributed by atoms with van der Waals surface area (Å²) in [6.45, 7) is 15.9. The molecule has 1 rings (SSSR count). The predicted molar refractivity (Wildman–Crippen MR) is 140 cm³/mol. The second kappa shape index (κ2) is 14.4. The first-order chi connectivity index (χ1) is 15.0. The van der Waals surface area contributed by atoms with Gasteiger partial charge in [-0.2, -0.15) is 0 Å². The molecule has 0 aliphatic heterocycles. The molecule has 1 fully saturated rings. The summed E-state index contributed by atoms with van der Waals surface area (Å²) in [6, 6.07) is 0. The first-order valence-electron chi connectivity index (χ1n) is 13.2. The number of hydrogen-bond acceptors (Lipinski definition) is 3. The van der Waals surface area contributed by atoms with Gasteiger partial charge in [-0.05, 0) is 49.9 Å². The van der Waals surface area contributed by atoms with Gasteiger partial charge < -0.3 is 9.16 Å². The van der Waals surface area contributed by atoms with E-state index >= 15 is 0 Å². The molecular formula is C28H52O3Si. The smallest absolute Gasteiger partial charge is 0.307 e. The van der Waals surface area contributed by atoms with Crippen molar-refractivity contribution in [2.45, 2.75) is 136 Å². The quantitative estimate of drug-likeness (QED) is 0.0845. The minimum atomic E-state index is -1.87. The Labute approximate surface area is 200 Å². The highest BCUT2D eigenvalue weighted by Crippen LogP contribution is 2.46. The van der Waals surface area contributed by atoms with Crippen LogP contribution in [0.4, 0.5) is 0 Å². The highest BCUT2D eigenvalue weighted by Gasteiger charge is 2.43. The number of allylic oxidation sites excluding steroid dienone is 3. The van der Waals surface area contributed by atoms with Crippen LogP contribution in [-0.4, -0.2) is 20.9 Å². The summed E-state index contributed by atoms with van der Waals surface area (Å²) in [4.78, 5) is 12.0. The summed E-state index contributed by atoms with van der Waals surface area (Å²) >= 11 is 0. The van der Waals surface area contributed by atoms with Gasteiger partial charge in [0.2, 0.25) is 0 Å². The molecule has 0 heterocycles. The largest absolute Gasteiger partial charge is 0.431 e. The van der Waals surface area contributed by atoms with E-state index in [0.717, 1.165) is 25.0 Å². The Morgan fingerprint density at radius 1 is 0.969 bits per heavy atom. The van der Waals surface area contributed by atoms with Gasteiger partial charge in [-0.25, -0.2) is 0 Å². The molecule has 0 atom stereocenters. The zero-order valence-electron chi connectivity index (χ0n) is 22.4. The fourth-order valence-corrected chi connectivity index (χ4v) is 5.24. The fourth-order valence-electron chi connectivity index (χ4n) is 4.17. The lowest BCUT2D eigenvalue weighted by atomic mass is 9.73. The molecule has 1 aliphatic rings. The van der Waals surface area contributed by atoms with Crippen LogP contribution in [0.3, 0.4) is 0 Å². The van der Waals surface area contributed by atoms with Crippen LogP contribution < -0.4 is 0 Å². The molecule has 0 N–H and O–H groups in total. The Bertz CT molecular complexity index is 592. The van der Waals surface area contributed by atoms with E-state index in [2.05, 4.69) is 59.0 Å². The van der Waals surface area contributed by atoms with Crippen LogP contribution in [0.2, 0.25) is 18.1 Å². The maximum absolute atomic E-state index is 12.0. The van der Waals surface area contributed by atoms with Crippen LogP contribution in [0, 0.1) is 5.41 Å². The lowest BCUT2D eigenvalue weighted by Gasteiger charge is -2.43. The SMILES string of the molecule is CCCCCCCCCC=CC=C(OC(C)=O)C1(CO[Si](C)(C)C(C)(C)C)CCCCC1. The van der Waals surface area contributed by atoms with Crippen LogP contribution >= 0.6 is 0 Å². The number of esters is 1. The first-order valence-corrected chi connectivity index (χ1v) is 16.1. The molecule has 0 spiro atoms. The number of carbonyl (C=O) groups is 1. The molecule has 1 aliphatic carbocycles. The van der Waals surface area contributed by atoms with Crippen LogP contribution in [0.5, 0.6) is 0 Å². The lowest BCUT2D eigenvalue weighted by Crippen LogP contribution is -2.45. The minimum Gasteiger partial charge on any atom is -0.431 e. The molecule has 1 saturated carbocycles. The van der Waals surface area contributed by atoms with Gasteiger partial charge in [-0.3, -0.25) is 4.79 Å². The second-order valence-electron chi connectivity index (χ2n) is 11.4. The molecule has 0 saturated heterocycles. The Morgan fingerprint density at radius 3 is 2.12 bits per heavy atom. The molecule has 0 bridgehead atoms. The van der Waals surface area contributed by atoms with E-state index in [1.807, 2.05) is 0 Å². The molecule has 0 aromatic heterocycles. The monoisotopic (exact) mass is 464 g/mol. The van der Waals surface area contributed by atoms with Gasteiger partial charge >= 0.3 is 5.97 Å². The third-order valence-corrected chi connectivity index (χ3v) is 11.9. The van der Waals surface area contributed by atoms with E-state index in [0.29, 0.717) is 6.61 Å². The maximum atomic E-state index is 12.0. The Morgan fingerprint density at radius 2 is 1.56 bits per heavy atom. The molecule has 3 nitrogen and oxygen atoms in total. The number of rotatable bonds is 14. The summed E-state index contributed by atoms with van der Waals surface area (Å²) < 4.78 is 12.5. The van der Waals surface area contributed by atoms with E-state index in [-0.39, 0.29) is 16.4 Å². The molecule has 0 aromatic rings. The summed E-state index contributed by atoms with van der Waals surface area (Å²) in [5, 5.41) is 0.171. The zero-order chi connectivity index (χ0) is 24.1. The topological polar surface area (TPSA) is 35.5 Å². The lowest BCUT2D eigenvalue weighted by molar-refractivity contribution is -0.139. The van der Waals surface area contributed by atoms with Crippen LogP contribution in [0.25, 0.3) is 0 Å². The third kappa shape index (κ3) is 10.4. The second-order valence-corrected chi connectivity index (χ2v) is 16.2. The molecule has 0 unspecified atom stereocenters. The van der Waals surface area contributed by atoms with Crippen molar-refractivity contribution < 1.29 is 14.0 Å². The average Bonchev–Trinajstić information content (AvgIpc) is 2.72. The van der Waals surface area contributed by atoms with Crippen LogP contribution in [0.1, 0.15) is 118 Å². The minimum absolute atomic E-state index is 0.171. The Balaban J connectivity index is 2.81. The zero-order valence-corrected chi connectivity index (χ0v) is 23.4. The van der Waals surface area contributed by atoms with Gasteiger partial charge in [0.15, 0.2) is 8.32 Å². The van der Waals surface area contributed by atoms with Crippen molar-refractivity contribution in [3.05, 3.63) is 24.0 Å². The number of hydrogen-bond donors (Lipinski definition) is 0. The van der Waals surface area contributed by atoms with Crippen LogP contribution in [0.15, 0.2) is 24.0 Å². The maximum Gasteiger partial charge on any atom is 0.307 e. The van der Waals surface area contributed by atoms with E-state index in [9.17, 15) is 4.79 Å². The molecule has 186 valence electrons. The van der Waals surface area contributed by atoms with Gasteiger partial charge in [0, 0.05) is 13.5 Å². The number of unbranched alkanes of at least 4 members (excludes halogenated alkanes) is 7. The summed E-state index contributed by atoms with van der Waals surface area (Å²) in [7, 11) is -1.87. The molecule has 4 heteroatoms. The molecule has 0 amide bonds. The van der Waals surface area contributed by atoms with Crippen molar-refractivity contribution in [2.24, 2.45) is 5.41 Å². The number of ether oxygens (including phenoxy) is 1. The van der Waals surface area contributed by atoms with Gasteiger partial charge in [0.05, 0.1) is 5.41 Å². The van der Waals surface area contributed by atoms with Gasteiger partial charge in [-0.1, -0.05) is 97.6 Å². The van der Waals surface area contributed by atoms with Crippen molar-refractivity contribution in [2.75, 3.05) is 6.61 Å². The average molecular weight is 465 g/mol. The summed E-state index contributed by atoms with van der Waals surface area (Å²) in [6.07, 6.45) is 22.4. The van der Waals surface area contributed by atoms with Gasteiger partial charge in [0.1, 0.15) is 5.76 Å². The van der Waals surface area contributed by atoms with Crippen LogP contribution in [-0.2, 0) is 14.0 Å². The predicted octanol–water partition coefficient (Wildman–Crippen LogP) is 9.10. The summed E-state index contributed by atoms with van der Waals surface area (Å²) in [5.74, 6) is 0.591. The fraction of sp³-hybridized carbons (Fsp3) is 0.821. The van der Waals surface area contributed by atoms with Crippen molar-refractivity contribution in [3.63, 3.8) is 0 Å². The Hall–Kier alpha value is -0.873. The van der Waals surface area contributed by atoms with E-state index in [1.165, 1.54) is 71.1 Å². The highest BCUT2D eigenvalue weighted by atomic mass is 28.4. The number of carbonyl (C=O) groups excluding carboxylic acids is 1. The van der Waals surface area contributed by atoms with Crippen molar-refractivity contribution in [3.8, 4) is 0 Å². The van der Waals surface area contributed by atoms with E-state index in [4.69, 9.17) is 9.16 Å². The standard InChI is InChI=1S/C28H52O3Si/c1-8-9-10-11-12-13-14-15-16-18-21-26(31-25(2)29)28(22-19-17-20-23-28)24-30-32(6,7)27(3,4)5/h16,18,21H,8-15,17,19-20,22-24H2,1-7H3. The molecule has 32 heavy (non-hydrogen) atoms. The third-order valence-electron chi connectivity index (χ3n) is 7.46. The van der Waals surface area contributed by atoms with E-state index in [1.54, 1.807) is 0 Å². The van der Waals surface area contributed by atoms with Gasteiger partial charge in [-0.15, -0.1) is 0 Å². The Kier molecular flexibility index (Phi) is 13.1. The highest BCUT2D eigenvalue weighted by molar-refractivity contribution is 6.74. The molecule has 0 radical (unpaired) electrons. The first kappa shape index (κ1) is 29.2.